The molecule has 0 aliphatic carbocycles. The number of hydrogen-bond acceptors (Lipinski definition) is 3. The molecular formula is C25H23ClFNO3. The Hall–Kier alpha value is -2.86. The van der Waals surface area contributed by atoms with Crippen molar-refractivity contribution in [1.82, 2.24) is 4.98 Å². The van der Waals surface area contributed by atoms with E-state index in [0.29, 0.717) is 40.5 Å². The Balaban J connectivity index is 1.68. The van der Waals surface area contributed by atoms with E-state index in [1.165, 1.54) is 6.07 Å². The van der Waals surface area contributed by atoms with E-state index >= 15 is 0 Å². The predicted octanol–water partition coefficient (Wildman–Crippen LogP) is 5.91. The standard InChI is InChI=1S/C25H23ClFNO3/c1-3-31-18-6-7-19(23(27)12-18)21-11-16-10-17(28-24(16)13-22(21)26)8-15-5-4-14(2)20(9-15)25(29)30/h4-7,9-13,25,28-30H,3,8H2,1-2H3. The molecule has 3 N–H and O–H groups in total. The SMILES string of the molecule is CCOc1ccc(-c2cc3cc(Cc4ccc(C)c(C(O)O)c4)[nH]c3cc2Cl)c(F)c1. The van der Waals surface area contributed by atoms with E-state index in [1.54, 1.807) is 24.3 Å². The zero-order valence-electron chi connectivity index (χ0n) is 17.2. The molecule has 4 nitrogen and oxygen atoms in total. The molecule has 0 atom stereocenters. The van der Waals surface area contributed by atoms with E-state index in [-0.39, 0.29) is 0 Å². The Morgan fingerprint density at radius 2 is 1.84 bits per heavy atom. The molecule has 0 aliphatic heterocycles. The Morgan fingerprint density at radius 3 is 2.55 bits per heavy atom. The molecule has 1 aromatic heterocycles. The number of H-pyrrole nitrogens is 1. The summed E-state index contributed by atoms with van der Waals surface area (Å²) in [5, 5.41) is 20.4. The van der Waals surface area contributed by atoms with E-state index in [0.717, 1.165) is 27.7 Å². The second-order valence-electron chi connectivity index (χ2n) is 7.53. The summed E-state index contributed by atoms with van der Waals surface area (Å²) in [5.41, 5.74) is 5.08. The third-order valence-electron chi connectivity index (χ3n) is 5.32. The monoisotopic (exact) mass is 439 g/mol. The van der Waals surface area contributed by atoms with Gasteiger partial charge in [-0.15, -0.1) is 0 Å². The van der Waals surface area contributed by atoms with Gasteiger partial charge in [0.1, 0.15) is 11.6 Å². The topological polar surface area (TPSA) is 65.5 Å². The minimum atomic E-state index is -1.51. The van der Waals surface area contributed by atoms with Crippen LogP contribution in [0.25, 0.3) is 22.0 Å². The van der Waals surface area contributed by atoms with Crippen molar-refractivity contribution in [2.24, 2.45) is 0 Å². The second kappa shape index (κ2) is 8.71. The van der Waals surface area contributed by atoms with Gasteiger partial charge in [-0.2, -0.15) is 0 Å². The van der Waals surface area contributed by atoms with Gasteiger partial charge in [0, 0.05) is 45.8 Å². The second-order valence-corrected chi connectivity index (χ2v) is 7.94. The van der Waals surface area contributed by atoms with Gasteiger partial charge in [0.15, 0.2) is 6.29 Å². The van der Waals surface area contributed by atoms with Gasteiger partial charge in [-0.25, -0.2) is 4.39 Å². The van der Waals surface area contributed by atoms with Gasteiger partial charge in [-0.3, -0.25) is 0 Å². The normalized spacial score (nSPS) is 11.5. The average molecular weight is 440 g/mol. The van der Waals surface area contributed by atoms with Gasteiger partial charge in [0.05, 0.1) is 11.6 Å². The van der Waals surface area contributed by atoms with E-state index < -0.39 is 12.1 Å². The van der Waals surface area contributed by atoms with Crippen LogP contribution in [0.4, 0.5) is 4.39 Å². The molecule has 31 heavy (non-hydrogen) atoms. The lowest BCUT2D eigenvalue weighted by Gasteiger charge is -2.10. The number of aromatic amines is 1. The Bertz CT molecular complexity index is 1250. The number of hydrogen-bond donors (Lipinski definition) is 3. The van der Waals surface area contributed by atoms with Crippen molar-refractivity contribution in [3.8, 4) is 16.9 Å². The molecule has 0 spiro atoms. The summed E-state index contributed by atoms with van der Waals surface area (Å²) in [6.45, 7) is 4.16. The van der Waals surface area contributed by atoms with Crippen molar-refractivity contribution in [3.63, 3.8) is 0 Å². The van der Waals surface area contributed by atoms with E-state index in [1.807, 2.05) is 38.1 Å². The Labute approximate surface area is 184 Å². The molecule has 0 fully saturated rings. The zero-order valence-corrected chi connectivity index (χ0v) is 18.0. The van der Waals surface area contributed by atoms with Gasteiger partial charge < -0.3 is 19.9 Å². The van der Waals surface area contributed by atoms with Crippen LogP contribution in [-0.4, -0.2) is 21.8 Å². The summed E-state index contributed by atoms with van der Waals surface area (Å²) < 4.78 is 20.0. The highest BCUT2D eigenvalue weighted by Gasteiger charge is 2.14. The lowest BCUT2D eigenvalue weighted by molar-refractivity contribution is -0.0429. The van der Waals surface area contributed by atoms with Crippen molar-refractivity contribution >= 4 is 22.5 Å². The van der Waals surface area contributed by atoms with Crippen LogP contribution < -0.4 is 4.74 Å². The quantitative estimate of drug-likeness (QED) is 0.327. The fraction of sp³-hybridized carbons (Fsp3) is 0.200. The lowest BCUT2D eigenvalue weighted by Crippen LogP contribution is -2.00. The van der Waals surface area contributed by atoms with Gasteiger partial charge in [0.25, 0.3) is 0 Å². The minimum Gasteiger partial charge on any atom is -0.494 e. The summed E-state index contributed by atoms with van der Waals surface area (Å²) in [5.74, 6) is 0.0908. The number of halogens is 2. The summed E-state index contributed by atoms with van der Waals surface area (Å²) in [6.07, 6.45) is -0.924. The van der Waals surface area contributed by atoms with Gasteiger partial charge in [0.2, 0.25) is 0 Å². The predicted molar refractivity (Wildman–Crippen MR) is 121 cm³/mol. The summed E-state index contributed by atoms with van der Waals surface area (Å²) in [6, 6.07) is 16.1. The van der Waals surface area contributed by atoms with Crippen LogP contribution in [-0.2, 0) is 6.42 Å². The molecule has 0 aliphatic rings. The highest BCUT2D eigenvalue weighted by atomic mass is 35.5. The van der Waals surface area contributed by atoms with Crippen LogP contribution in [0.2, 0.25) is 5.02 Å². The maximum atomic E-state index is 14.7. The molecular weight excluding hydrogens is 417 g/mol. The van der Waals surface area contributed by atoms with Crippen LogP contribution >= 0.6 is 11.6 Å². The molecule has 0 unspecified atom stereocenters. The largest absolute Gasteiger partial charge is 0.494 e. The molecule has 4 rings (SSSR count). The molecule has 0 saturated heterocycles. The first-order valence-electron chi connectivity index (χ1n) is 10.0. The number of aromatic nitrogens is 1. The van der Waals surface area contributed by atoms with Gasteiger partial charge >= 0.3 is 0 Å². The fourth-order valence-electron chi connectivity index (χ4n) is 3.78. The number of aryl methyl sites for hydroxylation is 1. The highest BCUT2D eigenvalue weighted by molar-refractivity contribution is 6.34. The summed E-state index contributed by atoms with van der Waals surface area (Å²) >= 11 is 6.48. The van der Waals surface area contributed by atoms with Gasteiger partial charge in [-0.1, -0.05) is 29.8 Å². The zero-order chi connectivity index (χ0) is 22.1. The number of rotatable bonds is 6. The van der Waals surface area contributed by atoms with Crippen LogP contribution in [0.3, 0.4) is 0 Å². The third kappa shape index (κ3) is 4.44. The van der Waals surface area contributed by atoms with Crippen molar-refractivity contribution in [2.45, 2.75) is 26.6 Å². The lowest BCUT2D eigenvalue weighted by atomic mass is 10.0. The van der Waals surface area contributed by atoms with Gasteiger partial charge in [-0.05, 0) is 55.3 Å². The molecule has 1 heterocycles. The first kappa shape index (κ1) is 21.4. The third-order valence-corrected chi connectivity index (χ3v) is 5.63. The molecule has 0 bridgehead atoms. The number of ether oxygens (including phenoxy) is 1. The molecule has 4 aromatic rings. The highest BCUT2D eigenvalue weighted by Crippen LogP contribution is 2.35. The van der Waals surface area contributed by atoms with E-state index in [2.05, 4.69) is 4.98 Å². The van der Waals surface area contributed by atoms with Crippen LogP contribution in [0, 0.1) is 12.7 Å². The van der Waals surface area contributed by atoms with E-state index in [4.69, 9.17) is 16.3 Å². The molecule has 0 saturated carbocycles. The summed E-state index contributed by atoms with van der Waals surface area (Å²) in [4.78, 5) is 3.34. The number of aliphatic hydroxyl groups excluding tert-OH is 1. The molecule has 3 aromatic carbocycles. The van der Waals surface area contributed by atoms with Crippen LogP contribution in [0.15, 0.2) is 54.6 Å². The number of nitrogens with one attached hydrogen (secondary N) is 1. The molecule has 6 heteroatoms. The Kier molecular flexibility index (Phi) is 6.01. The summed E-state index contributed by atoms with van der Waals surface area (Å²) in [7, 11) is 0. The first-order valence-corrected chi connectivity index (χ1v) is 10.4. The van der Waals surface area contributed by atoms with Crippen LogP contribution in [0.5, 0.6) is 5.75 Å². The molecule has 160 valence electrons. The number of benzene rings is 3. The maximum Gasteiger partial charge on any atom is 0.178 e. The number of fused-ring (bicyclic) bond motifs is 1. The minimum absolute atomic E-state index is 0.391. The van der Waals surface area contributed by atoms with Crippen LogP contribution in [0.1, 0.15) is 35.6 Å². The van der Waals surface area contributed by atoms with Crippen molar-refractivity contribution in [2.75, 3.05) is 6.61 Å². The van der Waals surface area contributed by atoms with Crippen molar-refractivity contribution < 1.29 is 19.3 Å². The molecule has 0 radical (unpaired) electrons. The average Bonchev–Trinajstić information content (AvgIpc) is 3.10. The smallest absolute Gasteiger partial charge is 0.178 e. The number of aliphatic hydroxyl groups is 2. The van der Waals surface area contributed by atoms with E-state index in [9.17, 15) is 14.6 Å². The Morgan fingerprint density at radius 1 is 1.03 bits per heavy atom. The first-order chi connectivity index (χ1) is 14.9. The molecule has 0 amide bonds. The van der Waals surface area contributed by atoms with Crippen molar-refractivity contribution in [1.29, 1.82) is 0 Å². The fourth-order valence-corrected chi connectivity index (χ4v) is 4.05. The maximum absolute atomic E-state index is 14.7. The van der Waals surface area contributed by atoms with Crippen molar-refractivity contribution in [3.05, 3.63) is 87.8 Å².